The number of hydrogen-bond donors (Lipinski definition) is 2. The summed E-state index contributed by atoms with van der Waals surface area (Å²) >= 11 is 0. The fourth-order valence-electron chi connectivity index (χ4n) is 1.48. The Morgan fingerprint density at radius 2 is 1.76 bits per heavy atom. The SMILES string of the molecule is Cc1cc(C)cc(OC(C)C(=O)NC(N)=O)c1. The standard InChI is InChI=1S/C12H16N2O3/c1-7-4-8(2)6-10(5-7)17-9(3)11(15)14-12(13)16/h4-6,9H,1-3H3,(H3,13,14,15,16). The third-order valence-corrected chi connectivity index (χ3v) is 2.12. The van der Waals surface area contributed by atoms with E-state index in [4.69, 9.17) is 10.5 Å². The number of rotatable bonds is 3. The molecule has 0 radical (unpaired) electrons. The molecule has 1 atom stereocenters. The minimum Gasteiger partial charge on any atom is -0.481 e. The summed E-state index contributed by atoms with van der Waals surface area (Å²) in [6.45, 7) is 5.43. The number of aryl methyl sites for hydroxylation is 2. The van der Waals surface area contributed by atoms with Crippen LogP contribution in [0.4, 0.5) is 4.79 Å². The van der Waals surface area contributed by atoms with Crippen molar-refractivity contribution in [2.24, 2.45) is 5.73 Å². The van der Waals surface area contributed by atoms with Gasteiger partial charge in [0, 0.05) is 0 Å². The van der Waals surface area contributed by atoms with E-state index >= 15 is 0 Å². The van der Waals surface area contributed by atoms with Crippen LogP contribution in [-0.2, 0) is 4.79 Å². The quantitative estimate of drug-likeness (QED) is 0.829. The fraction of sp³-hybridized carbons (Fsp3) is 0.333. The lowest BCUT2D eigenvalue weighted by Crippen LogP contribution is -2.42. The zero-order chi connectivity index (χ0) is 13.0. The number of nitrogens with one attached hydrogen (secondary N) is 1. The predicted octanol–water partition coefficient (Wildman–Crippen LogP) is 1.27. The molecule has 5 nitrogen and oxygen atoms in total. The Morgan fingerprint density at radius 3 is 2.24 bits per heavy atom. The van der Waals surface area contributed by atoms with Gasteiger partial charge in [0.25, 0.3) is 5.91 Å². The van der Waals surface area contributed by atoms with Crippen molar-refractivity contribution in [1.29, 1.82) is 0 Å². The van der Waals surface area contributed by atoms with E-state index in [1.807, 2.05) is 37.4 Å². The normalized spacial score (nSPS) is 11.7. The van der Waals surface area contributed by atoms with E-state index in [0.29, 0.717) is 5.75 Å². The van der Waals surface area contributed by atoms with Crippen LogP contribution in [0.15, 0.2) is 18.2 Å². The Bertz CT molecular complexity index is 423. The second kappa shape index (κ2) is 5.34. The van der Waals surface area contributed by atoms with Crippen LogP contribution >= 0.6 is 0 Å². The molecule has 0 spiro atoms. The molecule has 0 saturated heterocycles. The fourth-order valence-corrected chi connectivity index (χ4v) is 1.48. The molecule has 1 rings (SSSR count). The number of urea groups is 1. The summed E-state index contributed by atoms with van der Waals surface area (Å²) in [6.07, 6.45) is -0.774. The monoisotopic (exact) mass is 236 g/mol. The molecule has 0 aromatic heterocycles. The van der Waals surface area contributed by atoms with Crippen molar-refractivity contribution >= 4 is 11.9 Å². The van der Waals surface area contributed by atoms with Crippen molar-refractivity contribution in [2.75, 3.05) is 0 Å². The van der Waals surface area contributed by atoms with Gasteiger partial charge in [-0.1, -0.05) is 6.07 Å². The summed E-state index contributed by atoms with van der Waals surface area (Å²) in [7, 11) is 0. The second-order valence-corrected chi connectivity index (χ2v) is 3.94. The van der Waals surface area contributed by atoms with Gasteiger partial charge in [-0.05, 0) is 44.0 Å². The van der Waals surface area contributed by atoms with Gasteiger partial charge in [0.2, 0.25) is 0 Å². The zero-order valence-electron chi connectivity index (χ0n) is 10.1. The summed E-state index contributed by atoms with van der Waals surface area (Å²) in [5, 5.41) is 1.97. The molecule has 1 aromatic rings. The Morgan fingerprint density at radius 1 is 1.24 bits per heavy atom. The van der Waals surface area contributed by atoms with Crippen molar-refractivity contribution < 1.29 is 14.3 Å². The van der Waals surface area contributed by atoms with Gasteiger partial charge in [0.15, 0.2) is 6.10 Å². The van der Waals surface area contributed by atoms with Crippen LogP contribution in [-0.4, -0.2) is 18.0 Å². The third kappa shape index (κ3) is 4.14. The van der Waals surface area contributed by atoms with Crippen molar-refractivity contribution in [3.8, 4) is 5.75 Å². The summed E-state index contributed by atoms with van der Waals surface area (Å²) in [5.41, 5.74) is 6.93. The molecular weight excluding hydrogens is 220 g/mol. The molecule has 5 heteroatoms. The largest absolute Gasteiger partial charge is 0.481 e. The van der Waals surface area contributed by atoms with Gasteiger partial charge in [-0.2, -0.15) is 0 Å². The molecule has 3 N–H and O–H groups in total. The molecule has 0 aliphatic carbocycles. The number of imide groups is 1. The molecular formula is C12H16N2O3. The Hall–Kier alpha value is -2.04. The first-order chi connectivity index (χ1) is 7.88. The second-order valence-electron chi connectivity index (χ2n) is 3.94. The summed E-state index contributed by atoms with van der Waals surface area (Å²) in [4.78, 5) is 21.9. The Kier molecular flexibility index (Phi) is 4.09. The highest BCUT2D eigenvalue weighted by Gasteiger charge is 2.16. The summed E-state index contributed by atoms with van der Waals surface area (Å²) in [5.74, 6) is 0.0336. The first kappa shape index (κ1) is 13.0. The maximum Gasteiger partial charge on any atom is 0.318 e. The lowest BCUT2D eigenvalue weighted by Gasteiger charge is -2.14. The number of carbonyl (C=O) groups is 2. The minimum atomic E-state index is -0.883. The van der Waals surface area contributed by atoms with Crippen molar-refractivity contribution in [2.45, 2.75) is 26.9 Å². The van der Waals surface area contributed by atoms with E-state index in [9.17, 15) is 9.59 Å². The van der Waals surface area contributed by atoms with Gasteiger partial charge in [-0.15, -0.1) is 0 Å². The van der Waals surface area contributed by atoms with Crippen LogP contribution in [0.25, 0.3) is 0 Å². The molecule has 0 heterocycles. The van der Waals surface area contributed by atoms with Crippen LogP contribution in [0.2, 0.25) is 0 Å². The highest BCUT2D eigenvalue weighted by Crippen LogP contribution is 2.17. The topological polar surface area (TPSA) is 81.4 Å². The molecule has 1 unspecified atom stereocenters. The van der Waals surface area contributed by atoms with Crippen LogP contribution in [0.3, 0.4) is 0 Å². The van der Waals surface area contributed by atoms with E-state index in [1.54, 1.807) is 6.92 Å². The smallest absolute Gasteiger partial charge is 0.318 e. The lowest BCUT2D eigenvalue weighted by molar-refractivity contribution is -0.126. The Labute approximate surface area is 99.9 Å². The molecule has 92 valence electrons. The van der Waals surface area contributed by atoms with Crippen LogP contribution in [0.1, 0.15) is 18.1 Å². The molecule has 3 amide bonds. The van der Waals surface area contributed by atoms with Crippen LogP contribution < -0.4 is 15.8 Å². The zero-order valence-corrected chi connectivity index (χ0v) is 10.1. The predicted molar refractivity (Wildman–Crippen MR) is 63.7 cm³/mol. The van der Waals surface area contributed by atoms with Gasteiger partial charge >= 0.3 is 6.03 Å². The average Bonchev–Trinajstić information content (AvgIpc) is 2.14. The first-order valence-corrected chi connectivity index (χ1v) is 5.23. The van der Waals surface area contributed by atoms with E-state index < -0.39 is 18.0 Å². The third-order valence-electron chi connectivity index (χ3n) is 2.12. The number of primary amides is 1. The molecule has 0 aliphatic rings. The average molecular weight is 236 g/mol. The maximum atomic E-state index is 11.4. The number of hydrogen-bond acceptors (Lipinski definition) is 3. The van der Waals surface area contributed by atoms with Gasteiger partial charge in [-0.3, -0.25) is 10.1 Å². The molecule has 0 saturated carbocycles. The van der Waals surface area contributed by atoms with E-state index in [-0.39, 0.29) is 0 Å². The van der Waals surface area contributed by atoms with Crippen molar-refractivity contribution in [3.05, 3.63) is 29.3 Å². The van der Waals surface area contributed by atoms with Gasteiger partial charge < -0.3 is 10.5 Å². The van der Waals surface area contributed by atoms with E-state index in [2.05, 4.69) is 0 Å². The number of benzene rings is 1. The van der Waals surface area contributed by atoms with Crippen molar-refractivity contribution in [1.82, 2.24) is 5.32 Å². The van der Waals surface area contributed by atoms with Gasteiger partial charge in [-0.25, -0.2) is 4.79 Å². The molecule has 1 aromatic carbocycles. The van der Waals surface area contributed by atoms with Crippen LogP contribution in [0, 0.1) is 13.8 Å². The molecule has 17 heavy (non-hydrogen) atoms. The van der Waals surface area contributed by atoms with E-state index in [0.717, 1.165) is 11.1 Å². The summed E-state index contributed by atoms with van der Waals surface area (Å²) in [6, 6.07) is 4.76. The highest BCUT2D eigenvalue weighted by atomic mass is 16.5. The first-order valence-electron chi connectivity index (χ1n) is 5.23. The molecule has 0 aliphatic heterocycles. The molecule has 0 bridgehead atoms. The van der Waals surface area contributed by atoms with Crippen LogP contribution in [0.5, 0.6) is 5.75 Å². The maximum absolute atomic E-state index is 11.4. The van der Waals surface area contributed by atoms with Crippen molar-refractivity contribution in [3.63, 3.8) is 0 Å². The Balaban J connectivity index is 2.70. The highest BCUT2D eigenvalue weighted by molar-refractivity contribution is 5.95. The number of ether oxygens (including phenoxy) is 1. The lowest BCUT2D eigenvalue weighted by atomic mass is 10.1. The van der Waals surface area contributed by atoms with E-state index in [1.165, 1.54) is 0 Å². The molecule has 0 fully saturated rings. The number of carbonyl (C=O) groups excluding carboxylic acids is 2. The number of nitrogens with two attached hydrogens (primary N) is 1. The van der Waals surface area contributed by atoms with Gasteiger partial charge in [0.05, 0.1) is 0 Å². The minimum absolute atomic E-state index is 0.559. The number of amides is 3. The summed E-state index contributed by atoms with van der Waals surface area (Å²) < 4.78 is 5.42. The van der Waals surface area contributed by atoms with Gasteiger partial charge in [0.1, 0.15) is 5.75 Å².